The minimum atomic E-state index is -3.37. The summed E-state index contributed by atoms with van der Waals surface area (Å²) in [5.41, 5.74) is 3.20. The molecule has 4 nitrogen and oxygen atoms in total. The Hall–Kier alpha value is -1.94. The van der Waals surface area contributed by atoms with Crippen molar-refractivity contribution in [2.24, 2.45) is 0 Å². The van der Waals surface area contributed by atoms with Gasteiger partial charge in [0, 0.05) is 5.56 Å². The highest BCUT2D eigenvalue weighted by atomic mass is 35.5. The molecule has 3 rings (SSSR count). The van der Waals surface area contributed by atoms with E-state index in [0.717, 1.165) is 30.8 Å². The molecule has 0 aliphatic heterocycles. The summed E-state index contributed by atoms with van der Waals surface area (Å²) in [7, 11) is -3.37. The summed E-state index contributed by atoms with van der Waals surface area (Å²) in [4.78, 5) is 0. The van der Waals surface area contributed by atoms with Gasteiger partial charge in [0.05, 0.1) is 26.3 Å². The monoisotopic (exact) mass is 473 g/mol. The molecular formula is C26H33ClNO3P. The number of rotatable bonds is 12. The first-order chi connectivity index (χ1) is 15.1. The molecule has 0 aromatic heterocycles. The van der Waals surface area contributed by atoms with Crippen molar-refractivity contribution in [3.05, 3.63) is 108 Å². The van der Waals surface area contributed by atoms with Crippen molar-refractivity contribution in [1.82, 2.24) is 0 Å². The van der Waals surface area contributed by atoms with Crippen molar-refractivity contribution in [1.29, 1.82) is 0 Å². The number of nitrogens with zero attached hydrogens (tertiary/aromatic N) is 1. The molecule has 0 aliphatic rings. The van der Waals surface area contributed by atoms with E-state index in [4.69, 9.17) is 9.05 Å². The van der Waals surface area contributed by atoms with Crippen LogP contribution in [0, 0.1) is 0 Å². The summed E-state index contributed by atoms with van der Waals surface area (Å²) in [6.45, 7) is 7.31. The predicted molar refractivity (Wildman–Crippen MR) is 126 cm³/mol. The van der Waals surface area contributed by atoms with Crippen LogP contribution in [0.3, 0.4) is 0 Å². The van der Waals surface area contributed by atoms with E-state index in [0.29, 0.717) is 10.8 Å². The van der Waals surface area contributed by atoms with Gasteiger partial charge in [-0.2, -0.15) is 0 Å². The normalized spacial score (nSPS) is 11.7. The van der Waals surface area contributed by atoms with Gasteiger partial charge in [-0.3, -0.25) is 13.6 Å². The van der Waals surface area contributed by atoms with E-state index >= 15 is 0 Å². The highest BCUT2D eigenvalue weighted by Crippen LogP contribution is 2.52. The fourth-order valence-corrected chi connectivity index (χ4v) is 5.81. The molecule has 0 aliphatic carbocycles. The molecule has 32 heavy (non-hydrogen) atoms. The van der Waals surface area contributed by atoms with Crippen LogP contribution < -0.4 is 12.4 Å². The zero-order chi connectivity index (χ0) is 22.0. The lowest BCUT2D eigenvalue weighted by molar-refractivity contribution is -0.928. The van der Waals surface area contributed by atoms with Crippen LogP contribution >= 0.6 is 7.60 Å². The second-order valence-corrected chi connectivity index (χ2v) is 9.91. The molecule has 0 N–H and O–H groups in total. The highest BCUT2D eigenvalue weighted by Gasteiger charge is 2.38. The minimum Gasteiger partial charge on any atom is -1.00 e. The third-order valence-electron chi connectivity index (χ3n) is 5.72. The lowest BCUT2D eigenvalue weighted by Gasteiger charge is -2.38. The van der Waals surface area contributed by atoms with E-state index < -0.39 is 7.60 Å². The van der Waals surface area contributed by atoms with E-state index in [9.17, 15) is 4.57 Å². The quantitative estimate of drug-likeness (QED) is 0.298. The second-order valence-electron chi connectivity index (χ2n) is 7.89. The van der Waals surface area contributed by atoms with Crippen LogP contribution in [0.15, 0.2) is 91.0 Å². The number of hydrogen-bond donors (Lipinski definition) is 0. The van der Waals surface area contributed by atoms with Crippen LogP contribution in [0.25, 0.3) is 0 Å². The Morgan fingerprint density at radius 1 is 0.656 bits per heavy atom. The first-order valence-electron chi connectivity index (χ1n) is 10.9. The SMILES string of the molecule is CC[N+](CC)(Cc1ccccc1)CP(=O)(OCc1ccccc1)OCc1ccccc1.[Cl-]. The molecule has 0 amide bonds. The third-order valence-corrected chi connectivity index (χ3v) is 7.71. The van der Waals surface area contributed by atoms with Crippen LogP contribution in [0.1, 0.15) is 30.5 Å². The van der Waals surface area contributed by atoms with Gasteiger partial charge >= 0.3 is 7.60 Å². The molecule has 0 saturated heterocycles. The summed E-state index contributed by atoms with van der Waals surface area (Å²) >= 11 is 0. The maximum Gasteiger partial charge on any atom is 0.385 e. The average Bonchev–Trinajstić information content (AvgIpc) is 2.83. The Labute approximate surface area is 198 Å². The largest absolute Gasteiger partial charge is 1.00 e. The summed E-state index contributed by atoms with van der Waals surface area (Å²) in [6.07, 6.45) is 0.342. The first kappa shape index (κ1) is 26.3. The number of halogens is 1. The average molecular weight is 474 g/mol. The van der Waals surface area contributed by atoms with E-state index in [1.165, 1.54) is 5.56 Å². The van der Waals surface area contributed by atoms with E-state index in [1.807, 2.05) is 78.9 Å². The van der Waals surface area contributed by atoms with Gasteiger partial charge in [-0.25, -0.2) is 0 Å². The fourth-order valence-electron chi connectivity index (χ4n) is 3.65. The van der Waals surface area contributed by atoms with Gasteiger partial charge in [-0.1, -0.05) is 91.0 Å². The predicted octanol–water partition coefficient (Wildman–Crippen LogP) is 3.63. The molecule has 0 spiro atoms. The molecule has 0 atom stereocenters. The van der Waals surface area contributed by atoms with Gasteiger partial charge in [-0.15, -0.1) is 0 Å². The second kappa shape index (κ2) is 12.9. The molecule has 0 bridgehead atoms. The smallest absolute Gasteiger partial charge is 0.385 e. The van der Waals surface area contributed by atoms with Gasteiger partial charge in [0.15, 0.2) is 6.29 Å². The molecule has 3 aromatic rings. The fraction of sp³-hybridized carbons (Fsp3) is 0.308. The summed E-state index contributed by atoms with van der Waals surface area (Å²) in [6, 6.07) is 30.1. The van der Waals surface area contributed by atoms with Gasteiger partial charge in [0.2, 0.25) is 0 Å². The van der Waals surface area contributed by atoms with Crippen LogP contribution in [0.2, 0.25) is 0 Å². The van der Waals surface area contributed by atoms with Crippen LogP contribution in [-0.2, 0) is 33.4 Å². The third kappa shape index (κ3) is 7.88. The Bertz CT molecular complexity index is 903. The molecular weight excluding hydrogens is 441 g/mol. The molecule has 0 radical (unpaired) electrons. The number of benzene rings is 3. The molecule has 0 heterocycles. The van der Waals surface area contributed by atoms with Crippen LogP contribution in [0.5, 0.6) is 0 Å². The van der Waals surface area contributed by atoms with Crippen molar-refractivity contribution in [3.63, 3.8) is 0 Å². The molecule has 172 valence electrons. The van der Waals surface area contributed by atoms with Crippen molar-refractivity contribution in [3.8, 4) is 0 Å². The molecule has 0 saturated carbocycles. The maximum absolute atomic E-state index is 14.0. The van der Waals surface area contributed by atoms with Gasteiger partial charge < -0.3 is 16.9 Å². The maximum atomic E-state index is 14.0. The Balaban J connectivity index is 0.00000363. The standard InChI is InChI=1S/C26H33NO3P.ClH/c1-3-27(4-2,20-24-14-8-5-9-15-24)23-31(28,29-21-25-16-10-6-11-17-25)30-22-26-18-12-7-13-19-26;/h5-19H,3-4,20-23H2,1-2H3;1H/q+1;/p-1. The van der Waals surface area contributed by atoms with Crippen LogP contribution in [-0.4, -0.2) is 23.9 Å². The van der Waals surface area contributed by atoms with Crippen molar-refractivity contribution >= 4 is 7.60 Å². The number of hydrogen-bond acceptors (Lipinski definition) is 3. The summed E-state index contributed by atoms with van der Waals surface area (Å²) in [5.74, 6) is 0. The van der Waals surface area contributed by atoms with E-state index in [1.54, 1.807) is 0 Å². The number of quaternary nitrogens is 1. The molecule has 6 heteroatoms. The minimum absolute atomic E-state index is 0. The first-order valence-corrected chi connectivity index (χ1v) is 12.6. The van der Waals surface area contributed by atoms with Gasteiger partial charge in [0.25, 0.3) is 0 Å². The zero-order valence-corrected chi connectivity index (χ0v) is 20.6. The Morgan fingerprint density at radius 3 is 1.41 bits per heavy atom. The van der Waals surface area contributed by atoms with Gasteiger partial charge in [0.1, 0.15) is 6.54 Å². The lowest BCUT2D eigenvalue weighted by Crippen LogP contribution is -3.00. The van der Waals surface area contributed by atoms with Crippen LogP contribution in [0.4, 0.5) is 0 Å². The zero-order valence-electron chi connectivity index (χ0n) is 18.9. The lowest BCUT2D eigenvalue weighted by atomic mass is 10.2. The molecule has 3 aromatic carbocycles. The van der Waals surface area contributed by atoms with Gasteiger partial charge in [-0.05, 0) is 25.0 Å². The topological polar surface area (TPSA) is 35.5 Å². The molecule has 0 fully saturated rings. The van der Waals surface area contributed by atoms with Crippen molar-refractivity contribution in [2.75, 3.05) is 19.4 Å². The van der Waals surface area contributed by atoms with E-state index in [2.05, 4.69) is 26.0 Å². The molecule has 0 unspecified atom stereocenters. The van der Waals surface area contributed by atoms with Crippen molar-refractivity contribution in [2.45, 2.75) is 33.6 Å². The highest BCUT2D eigenvalue weighted by molar-refractivity contribution is 7.53. The summed E-state index contributed by atoms with van der Waals surface area (Å²) in [5, 5.41) is 0. The Morgan fingerprint density at radius 2 is 1.03 bits per heavy atom. The Kier molecular flexibility index (Phi) is 10.6. The van der Waals surface area contributed by atoms with Crippen molar-refractivity contribution < 1.29 is 30.5 Å². The van der Waals surface area contributed by atoms with E-state index in [-0.39, 0.29) is 25.6 Å². The summed E-state index contributed by atoms with van der Waals surface area (Å²) < 4.78 is 26.8.